The molecule has 0 saturated heterocycles. The van der Waals surface area contributed by atoms with Crippen LogP contribution in [0.15, 0.2) is 42.6 Å². The van der Waals surface area contributed by atoms with Gasteiger partial charge in [0.15, 0.2) is 0 Å². The molecule has 18 heavy (non-hydrogen) atoms. The highest BCUT2D eigenvalue weighted by Crippen LogP contribution is 2.33. The predicted molar refractivity (Wildman–Crippen MR) is 62.6 cm³/mol. The zero-order chi connectivity index (χ0) is 13.2. The lowest BCUT2D eigenvalue weighted by molar-refractivity contribution is -0.138. The quantitative estimate of drug-likeness (QED) is 0.891. The standard InChI is InChI=1S/C13H11F3N2/c14-13(15,16)11-6-12(18-8-10(11)7-17)9-4-2-1-3-5-9/h1-6,8H,7,17H2. The molecule has 0 aliphatic heterocycles. The number of benzene rings is 1. The number of aromatic nitrogens is 1. The van der Waals surface area contributed by atoms with Gasteiger partial charge in [0, 0.05) is 18.3 Å². The summed E-state index contributed by atoms with van der Waals surface area (Å²) in [6, 6.07) is 9.76. The average molecular weight is 252 g/mol. The Balaban J connectivity index is 2.53. The van der Waals surface area contributed by atoms with E-state index in [2.05, 4.69) is 4.98 Å². The van der Waals surface area contributed by atoms with E-state index in [1.807, 2.05) is 0 Å². The molecular weight excluding hydrogens is 241 g/mol. The number of halogens is 3. The van der Waals surface area contributed by atoms with E-state index in [1.54, 1.807) is 30.3 Å². The third-order valence-corrected chi connectivity index (χ3v) is 2.58. The molecule has 1 aromatic heterocycles. The van der Waals surface area contributed by atoms with Crippen LogP contribution in [0.1, 0.15) is 11.1 Å². The first-order chi connectivity index (χ1) is 8.52. The summed E-state index contributed by atoms with van der Waals surface area (Å²) < 4.78 is 38.5. The predicted octanol–water partition coefficient (Wildman–Crippen LogP) is 3.23. The minimum Gasteiger partial charge on any atom is -0.326 e. The molecule has 2 N–H and O–H groups in total. The van der Waals surface area contributed by atoms with Crippen LogP contribution in [-0.2, 0) is 12.7 Å². The Bertz CT molecular complexity index is 536. The van der Waals surface area contributed by atoms with E-state index in [4.69, 9.17) is 5.73 Å². The molecule has 0 aliphatic rings. The van der Waals surface area contributed by atoms with Crippen LogP contribution in [0.25, 0.3) is 11.3 Å². The summed E-state index contributed by atoms with van der Waals surface area (Å²) in [6.45, 7) is -0.184. The molecule has 2 nitrogen and oxygen atoms in total. The van der Waals surface area contributed by atoms with E-state index in [0.29, 0.717) is 11.3 Å². The van der Waals surface area contributed by atoms with E-state index in [-0.39, 0.29) is 12.1 Å². The van der Waals surface area contributed by atoms with Crippen molar-refractivity contribution < 1.29 is 13.2 Å². The molecule has 0 saturated carbocycles. The fourth-order valence-electron chi connectivity index (χ4n) is 1.68. The number of rotatable bonds is 2. The second-order valence-electron chi connectivity index (χ2n) is 3.79. The van der Waals surface area contributed by atoms with Crippen molar-refractivity contribution in [2.75, 3.05) is 0 Å². The number of hydrogen-bond acceptors (Lipinski definition) is 2. The molecule has 0 fully saturated rings. The van der Waals surface area contributed by atoms with E-state index in [9.17, 15) is 13.2 Å². The smallest absolute Gasteiger partial charge is 0.326 e. The van der Waals surface area contributed by atoms with Gasteiger partial charge in [-0.25, -0.2) is 0 Å². The lowest BCUT2D eigenvalue weighted by Gasteiger charge is -2.12. The van der Waals surface area contributed by atoms with Gasteiger partial charge >= 0.3 is 6.18 Å². The van der Waals surface area contributed by atoms with Gasteiger partial charge in [-0.3, -0.25) is 4.98 Å². The first-order valence-corrected chi connectivity index (χ1v) is 5.34. The maximum absolute atomic E-state index is 12.8. The van der Waals surface area contributed by atoms with Crippen LogP contribution in [0.2, 0.25) is 0 Å². The first-order valence-electron chi connectivity index (χ1n) is 5.34. The van der Waals surface area contributed by atoms with Crippen molar-refractivity contribution in [3.8, 4) is 11.3 Å². The fraction of sp³-hybridized carbons (Fsp3) is 0.154. The Kier molecular flexibility index (Phi) is 3.34. The summed E-state index contributed by atoms with van der Waals surface area (Å²) in [5, 5.41) is 0. The molecule has 1 heterocycles. The van der Waals surface area contributed by atoms with E-state index in [0.717, 1.165) is 6.07 Å². The van der Waals surface area contributed by atoms with E-state index < -0.39 is 11.7 Å². The topological polar surface area (TPSA) is 38.9 Å². The Morgan fingerprint density at radius 1 is 1.11 bits per heavy atom. The summed E-state index contributed by atoms with van der Waals surface area (Å²) in [5.74, 6) is 0. The number of hydrogen-bond donors (Lipinski definition) is 1. The number of nitrogens with two attached hydrogens (primary N) is 1. The van der Waals surface area contributed by atoms with Gasteiger partial charge in [0.1, 0.15) is 0 Å². The molecule has 5 heteroatoms. The molecule has 0 radical (unpaired) electrons. The molecule has 0 atom stereocenters. The van der Waals surface area contributed by atoms with Crippen LogP contribution in [0.3, 0.4) is 0 Å². The van der Waals surface area contributed by atoms with Gasteiger partial charge < -0.3 is 5.73 Å². The summed E-state index contributed by atoms with van der Waals surface area (Å²) in [5.41, 5.74) is 5.51. The normalized spacial score (nSPS) is 11.6. The van der Waals surface area contributed by atoms with Crippen molar-refractivity contribution in [2.24, 2.45) is 5.73 Å². The molecule has 0 aliphatic carbocycles. The van der Waals surface area contributed by atoms with Gasteiger partial charge in [-0.15, -0.1) is 0 Å². The summed E-state index contributed by atoms with van der Waals surface area (Å²) >= 11 is 0. The third-order valence-electron chi connectivity index (χ3n) is 2.58. The summed E-state index contributed by atoms with van der Waals surface area (Å²) in [4.78, 5) is 4.01. The molecule has 94 valence electrons. The lowest BCUT2D eigenvalue weighted by atomic mass is 10.1. The fourth-order valence-corrected chi connectivity index (χ4v) is 1.68. The van der Waals surface area contributed by atoms with Gasteiger partial charge in [-0.2, -0.15) is 13.2 Å². The van der Waals surface area contributed by atoms with Crippen molar-refractivity contribution in [2.45, 2.75) is 12.7 Å². The highest BCUT2D eigenvalue weighted by Gasteiger charge is 2.33. The molecular formula is C13H11F3N2. The minimum atomic E-state index is -4.42. The van der Waals surface area contributed by atoms with Gasteiger partial charge in [0.25, 0.3) is 0 Å². The van der Waals surface area contributed by atoms with Crippen LogP contribution in [-0.4, -0.2) is 4.98 Å². The molecule has 0 amide bonds. The third kappa shape index (κ3) is 2.51. The van der Waals surface area contributed by atoms with E-state index >= 15 is 0 Å². The van der Waals surface area contributed by atoms with E-state index in [1.165, 1.54) is 6.20 Å². The Hall–Kier alpha value is -1.88. The summed E-state index contributed by atoms with van der Waals surface area (Å²) in [7, 11) is 0. The summed E-state index contributed by atoms with van der Waals surface area (Å²) in [6.07, 6.45) is -3.23. The molecule has 0 spiro atoms. The van der Waals surface area contributed by atoms with Gasteiger partial charge in [0.05, 0.1) is 11.3 Å². The SMILES string of the molecule is NCc1cnc(-c2ccccc2)cc1C(F)(F)F. The Morgan fingerprint density at radius 2 is 1.78 bits per heavy atom. The van der Waals surface area contributed by atoms with Crippen molar-refractivity contribution in [3.05, 3.63) is 53.7 Å². The number of pyridine rings is 1. The van der Waals surface area contributed by atoms with Crippen LogP contribution in [0.4, 0.5) is 13.2 Å². The van der Waals surface area contributed by atoms with Crippen LogP contribution < -0.4 is 5.73 Å². The number of nitrogens with zero attached hydrogens (tertiary/aromatic N) is 1. The molecule has 1 aromatic carbocycles. The highest BCUT2D eigenvalue weighted by molar-refractivity contribution is 5.60. The monoisotopic (exact) mass is 252 g/mol. The second-order valence-corrected chi connectivity index (χ2v) is 3.79. The largest absolute Gasteiger partial charge is 0.416 e. The Morgan fingerprint density at radius 3 is 2.33 bits per heavy atom. The Labute approximate surface area is 102 Å². The van der Waals surface area contributed by atoms with Crippen LogP contribution in [0.5, 0.6) is 0 Å². The second kappa shape index (κ2) is 4.78. The average Bonchev–Trinajstić information content (AvgIpc) is 2.38. The van der Waals surface area contributed by atoms with Gasteiger partial charge in [0.2, 0.25) is 0 Å². The molecule has 0 bridgehead atoms. The van der Waals surface area contributed by atoms with Crippen molar-refractivity contribution in [1.82, 2.24) is 4.98 Å². The highest BCUT2D eigenvalue weighted by atomic mass is 19.4. The van der Waals surface area contributed by atoms with Gasteiger partial charge in [-0.1, -0.05) is 30.3 Å². The zero-order valence-electron chi connectivity index (χ0n) is 9.41. The number of alkyl halides is 3. The molecule has 2 aromatic rings. The molecule has 0 unspecified atom stereocenters. The van der Waals surface area contributed by atoms with Crippen LogP contribution >= 0.6 is 0 Å². The molecule has 2 rings (SSSR count). The minimum absolute atomic E-state index is 0.00202. The van der Waals surface area contributed by atoms with Crippen molar-refractivity contribution >= 4 is 0 Å². The lowest BCUT2D eigenvalue weighted by Crippen LogP contribution is -2.12. The zero-order valence-corrected chi connectivity index (χ0v) is 9.41. The van der Waals surface area contributed by atoms with Gasteiger partial charge in [-0.05, 0) is 11.6 Å². The van der Waals surface area contributed by atoms with Crippen molar-refractivity contribution in [1.29, 1.82) is 0 Å². The van der Waals surface area contributed by atoms with Crippen molar-refractivity contribution in [3.63, 3.8) is 0 Å². The maximum atomic E-state index is 12.8. The maximum Gasteiger partial charge on any atom is 0.416 e. The first kappa shape index (κ1) is 12.6. The van der Waals surface area contributed by atoms with Crippen LogP contribution in [0, 0.1) is 0 Å².